The summed E-state index contributed by atoms with van der Waals surface area (Å²) in [6, 6.07) is 92.7. The second kappa shape index (κ2) is 17.6. The maximum Gasteiger partial charge on any atom is 0.252 e. The van der Waals surface area contributed by atoms with Crippen LogP contribution in [0, 0.1) is 0 Å². The van der Waals surface area contributed by atoms with Gasteiger partial charge in [0.2, 0.25) is 0 Å². The van der Waals surface area contributed by atoms with Crippen LogP contribution in [0.5, 0.6) is 0 Å². The van der Waals surface area contributed by atoms with E-state index < -0.39 is 0 Å². The first-order valence-corrected chi connectivity index (χ1v) is 25.5. The van der Waals surface area contributed by atoms with E-state index in [9.17, 15) is 0 Å². The van der Waals surface area contributed by atoms with E-state index in [0.29, 0.717) is 0 Å². The fourth-order valence-corrected chi connectivity index (χ4v) is 11.6. The molecule has 0 N–H and O–H groups in total. The van der Waals surface area contributed by atoms with Gasteiger partial charge in [-0.2, -0.15) is 0 Å². The van der Waals surface area contributed by atoms with Crippen molar-refractivity contribution in [2.24, 2.45) is 0 Å². The van der Waals surface area contributed by atoms with Crippen molar-refractivity contribution in [3.63, 3.8) is 0 Å². The van der Waals surface area contributed by atoms with Gasteiger partial charge in [0, 0.05) is 50.4 Å². The highest BCUT2D eigenvalue weighted by molar-refractivity contribution is 7.00. The van der Waals surface area contributed by atoms with E-state index in [4.69, 9.17) is 0 Å². The first kappa shape index (κ1) is 45.0. The van der Waals surface area contributed by atoms with Crippen LogP contribution in [-0.4, -0.2) is 6.71 Å². The molecule has 348 valence electrons. The second-order valence-corrected chi connectivity index (χ2v) is 21.4. The maximum atomic E-state index is 2.57. The minimum absolute atomic E-state index is 0.0772. The molecule has 0 aromatic heterocycles. The summed E-state index contributed by atoms with van der Waals surface area (Å²) < 4.78 is 0. The van der Waals surface area contributed by atoms with Gasteiger partial charge in [-0.15, -0.1) is 0 Å². The largest absolute Gasteiger partial charge is 0.311 e. The predicted molar refractivity (Wildman–Crippen MR) is 307 cm³/mol. The molecule has 0 saturated heterocycles. The molecule has 0 aliphatic carbocycles. The molecule has 3 heteroatoms. The van der Waals surface area contributed by atoms with Gasteiger partial charge in [-0.05, 0) is 121 Å². The van der Waals surface area contributed by atoms with E-state index >= 15 is 0 Å². The number of rotatable bonds is 10. The summed E-state index contributed by atoms with van der Waals surface area (Å²) in [6.45, 7) is 14.2. The lowest BCUT2D eigenvalue weighted by molar-refractivity contribution is 0.640. The maximum absolute atomic E-state index is 2.57. The van der Waals surface area contributed by atoms with Crippen molar-refractivity contribution in [3.05, 3.63) is 282 Å². The van der Waals surface area contributed by atoms with Gasteiger partial charge in [-0.3, -0.25) is 0 Å². The van der Waals surface area contributed by atoms with E-state index in [-0.39, 0.29) is 23.0 Å². The summed E-state index contributed by atoms with van der Waals surface area (Å²) >= 11 is 0. The number of hydrogen-bond acceptors (Lipinski definition) is 2. The molecule has 0 bridgehead atoms. The molecule has 0 atom stereocenters. The smallest absolute Gasteiger partial charge is 0.252 e. The third kappa shape index (κ3) is 7.58. The summed E-state index contributed by atoms with van der Waals surface area (Å²) in [5.74, 6) is 0. The number of nitrogens with zero attached hydrogens (tertiary/aromatic N) is 2. The minimum atomic E-state index is -0.332. The minimum Gasteiger partial charge on any atom is -0.311 e. The van der Waals surface area contributed by atoms with Crippen LogP contribution in [0.1, 0.15) is 74.9 Å². The van der Waals surface area contributed by atoms with Crippen molar-refractivity contribution < 1.29 is 0 Å². The van der Waals surface area contributed by atoms with Gasteiger partial charge in [-0.1, -0.05) is 242 Å². The monoisotopic (exact) mass is 926 g/mol. The normalized spacial score (nSPS) is 13.1. The highest BCUT2D eigenvalue weighted by Gasteiger charge is 2.46. The van der Waals surface area contributed by atoms with Crippen LogP contribution in [-0.2, 0) is 16.2 Å². The first-order valence-electron chi connectivity index (χ1n) is 25.5. The zero-order valence-electron chi connectivity index (χ0n) is 42.1. The van der Waals surface area contributed by atoms with Crippen molar-refractivity contribution in [2.75, 3.05) is 9.80 Å². The summed E-state index contributed by atoms with van der Waals surface area (Å²) in [6.07, 6.45) is 0. The Kier molecular flexibility index (Phi) is 11.0. The van der Waals surface area contributed by atoms with Gasteiger partial charge in [0.15, 0.2) is 0 Å². The van der Waals surface area contributed by atoms with Gasteiger partial charge in [-0.25, -0.2) is 0 Å². The molecule has 0 saturated carbocycles. The average molecular weight is 927 g/mol. The molecule has 0 spiro atoms. The van der Waals surface area contributed by atoms with Crippen LogP contribution in [0.15, 0.2) is 249 Å². The Morgan fingerprint density at radius 3 is 0.917 bits per heavy atom. The molecule has 10 aromatic carbocycles. The zero-order chi connectivity index (χ0) is 49.2. The zero-order valence-corrected chi connectivity index (χ0v) is 42.1. The van der Waals surface area contributed by atoms with Crippen molar-refractivity contribution in [1.29, 1.82) is 0 Å². The van der Waals surface area contributed by atoms with E-state index in [0.717, 1.165) is 11.4 Å². The van der Waals surface area contributed by atoms with Crippen molar-refractivity contribution in [3.8, 4) is 22.3 Å². The van der Waals surface area contributed by atoms with Gasteiger partial charge in [0.05, 0.1) is 0 Å². The molecule has 2 aliphatic heterocycles. The average Bonchev–Trinajstić information content (AvgIpc) is 3.44. The SMILES string of the molecule is CC(C)(c1ccccc1)c1ccc2c(c1)B1c3cc(C(C)(C)c4ccccc4)ccc3N(c3ccc(-c4ccccc4)cc3)c3cc(C(C)(C)c4ccccc4)cc(c31)N2c1ccc(-c2ccccc2)cc1. The molecule has 2 nitrogen and oxygen atoms in total. The summed E-state index contributed by atoms with van der Waals surface area (Å²) in [7, 11) is 0. The summed E-state index contributed by atoms with van der Waals surface area (Å²) in [4.78, 5) is 5.14. The van der Waals surface area contributed by atoms with Crippen molar-refractivity contribution in [1.82, 2.24) is 0 Å². The molecule has 0 radical (unpaired) electrons. The molecule has 12 rings (SSSR count). The lowest BCUT2D eigenvalue weighted by Crippen LogP contribution is -2.62. The van der Waals surface area contributed by atoms with E-state index in [2.05, 4.69) is 300 Å². The molecule has 0 unspecified atom stereocenters. The Morgan fingerprint density at radius 2 is 0.569 bits per heavy atom. The summed E-state index contributed by atoms with van der Waals surface area (Å²) in [5, 5.41) is 0. The third-order valence-electron chi connectivity index (χ3n) is 16.2. The molecule has 10 aromatic rings. The van der Waals surface area contributed by atoms with Gasteiger partial charge < -0.3 is 9.80 Å². The fraction of sp³-hybridized carbons (Fsp3) is 0.130. The van der Waals surface area contributed by atoms with Gasteiger partial charge in [0.25, 0.3) is 6.71 Å². The second-order valence-electron chi connectivity index (χ2n) is 21.4. The number of fused-ring (bicyclic) bond motifs is 4. The Bertz CT molecular complexity index is 3360. The van der Waals surface area contributed by atoms with Crippen LogP contribution in [0.3, 0.4) is 0 Å². The molecular weight excluding hydrogens is 868 g/mol. The molecule has 72 heavy (non-hydrogen) atoms. The molecule has 2 heterocycles. The topological polar surface area (TPSA) is 6.48 Å². The van der Waals surface area contributed by atoms with Crippen LogP contribution in [0.4, 0.5) is 34.1 Å². The third-order valence-corrected chi connectivity index (χ3v) is 16.2. The predicted octanol–water partition coefficient (Wildman–Crippen LogP) is 16.1. The molecule has 0 amide bonds. The Labute approximate surface area is 427 Å². The number of anilines is 6. The van der Waals surface area contributed by atoms with Crippen LogP contribution >= 0.6 is 0 Å². The quantitative estimate of drug-likeness (QED) is 0.126. The highest BCUT2D eigenvalue weighted by atomic mass is 15.2. The molecule has 0 fully saturated rings. The number of hydrogen-bond donors (Lipinski definition) is 0. The van der Waals surface area contributed by atoms with Crippen LogP contribution in [0.2, 0.25) is 0 Å². The van der Waals surface area contributed by atoms with Crippen molar-refractivity contribution >= 4 is 57.2 Å². The number of benzene rings is 10. The van der Waals surface area contributed by atoms with Gasteiger partial charge >= 0.3 is 0 Å². The Hall–Kier alpha value is -8.14. The van der Waals surface area contributed by atoms with Crippen LogP contribution < -0.4 is 26.2 Å². The molecular formula is C69H59BN2. The van der Waals surface area contributed by atoms with E-state index in [1.54, 1.807) is 0 Å². The van der Waals surface area contributed by atoms with Crippen molar-refractivity contribution in [2.45, 2.75) is 57.8 Å². The highest BCUT2D eigenvalue weighted by Crippen LogP contribution is 2.49. The lowest BCUT2D eigenvalue weighted by Gasteiger charge is -2.46. The Morgan fingerprint density at radius 1 is 0.264 bits per heavy atom. The lowest BCUT2D eigenvalue weighted by atomic mass is 9.33. The molecule has 2 aliphatic rings. The fourth-order valence-electron chi connectivity index (χ4n) is 11.6. The first-order chi connectivity index (χ1) is 35.0. The standard InChI is InChI=1S/C69H59BN2/c1-67(2,52-26-16-9-17-27-52)55-36-42-62-60(44-55)70-61-45-56(68(3,4)53-28-18-10-19-29-53)37-43-63(61)72(59-40-34-51(35-41-59)49-24-14-8-15-25-49)65-47-57(69(5,6)54-30-20-11-21-31-54)46-64(66(65)70)71(62)58-38-32-50(33-39-58)48-22-12-7-13-23-48/h7-47H,1-6H3. The van der Waals surface area contributed by atoms with Crippen LogP contribution in [0.25, 0.3) is 22.3 Å². The van der Waals surface area contributed by atoms with Gasteiger partial charge in [0.1, 0.15) is 0 Å². The summed E-state index contributed by atoms with van der Waals surface area (Å²) in [5.41, 5.74) is 22.7. The Balaban J connectivity index is 1.17. The van der Waals surface area contributed by atoms with E-state index in [1.807, 2.05) is 0 Å². The van der Waals surface area contributed by atoms with E-state index in [1.165, 1.54) is 94.8 Å².